The van der Waals surface area contributed by atoms with Gasteiger partial charge >= 0.3 is 0 Å². The summed E-state index contributed by atoms with van der Waals surface area (Å²) in [5.41, 5.74) is 2.98. The zero-order chi connectivity index (χ0) is 14.0. The number of rotatable bonds is 3. The second-order valence-corrected chi connectivity index (χ2v) is 4.29. The van der Waals surface area contributed by atoms with Gasteiger partial charge in [-0.3, -0.25) is 0 Å². The van der Waals surface area contributed by atoms with Gasteiger partial charge in [-0.2, -0.15) is 5.26 Å². The molecule has 0 radical (unpaired) electrons. The van der Waals surface area contributed by atoms with Crippen molar-refractivity contribution in [3.8, 4) is 6.07 Å². The summed E-state index contributed by atoms with van der Waals surface area (Å²) in [6, 6.07) is 7.54. The average molecular weight is 261 g/mol. The van der Waals surface area contributed by atoms with Gasteiger partial charge < -0.3 is 9.88 Å². The first kappa shape index (κ1) is 13.1. The highest BCUT2D eigenvalue weighted by Crippen LogP contribution is 2.17. The van der Waals surface area contributed by atoms with Gasteiger partial charge in [0.05, 0.1) is 0 Å². The summed E-state index contributed by atoms with van der Waals surface area (Å²) < 4.78 is 27.6. The highest BCUT2D eigenvalue weighted by molar-refractivity contribution is 5.45. The number of aromatic nitrogens is 1. The number of halogens is 2. The highest BCUT2D eigenvalue weighted by atomic mass is 19.2. The van der Waals surface area contributed by atoms with Crippen LogP contribution in [0, 0.1) is 29.9 Å². The lowest BCUT2D eigenvalue weighted by molar-refractivity contribution is 0.509. The van der Waals surface area contributed by atoms with Gasteiger partial charge in [0, 0.05) is 31.0 Å². The first-order valence-corrected chi connectivity index (χ1v) is 5.77. The SMILES string of the molecule is Cc1c(CNc2ccc(F)c(F)c2)cc(C#N)n1C. The van der Waals surface area contributed by atoms with Crippen LogP contribution in [0.1, 0.15) is 17.0 Å². The normalized spacial score (nSPS) is 10.3. The van der Waals surface area contributed by atoms with E-state index < -0.39 is 11.6 Å². The van der Waals surface area contributed by atoms with E-state index in [4.69, 9.17) is 5.26 Å². The molecule has 2 aromatic rings. The fourth-order valence-electron chi connectivity index (χ4n) is 1.85. The molecule has 0 saturated carbocycles. The first-order chi connectivity index (χ1) is 9.02. The molecule has 5 heteroatoms. The summed E-state index contributed by atoms with van der Waals surface area (Å²) in [5, 5.41) is 11.9. The largest absolute Gasteiger partial charge is 0.381 e. The lowest BCUT2D eigenvalue weighted by Gasteiger charge is -2.07. The number of hydrogen-bond donors (Lipinski definition) is 1. The van der Waals surface area contributed by atoms with Crippen LogP contribution in [-0.4, -0.2) is 4.57 Å². The molecule has 98 valence electrons. The van der Waals surface area contributed by atoms with E-state index in [0.29, 0.717) is 17.9 Å². The lowest BCUT2D eigenvalue weighted by Crippen LogP contribution is -2.02. The first-order valence-electron chi connectivity index (χ1n) is 5.77. The van der Waals surface area contributed by atoms with Crippen molar-refractivity contribution in [1.82, 2.24) is 4.57 Å². The van der Waals surface area contributed by atoms with Gasteiger partial charge in [-0.25, -0.2) is 8.78 Å². The maximum atomic E-state index is 13.0. The molecule has 0 aliphatic rings. The molecule has 0 aliphatic heterocycles. The Morgan fingerprint density at radius 3 is 2.58 bits per heavy atom. The summed E-state index contributed by atoms with van der Waals surface area (Å²) >= 11 is 0. The van der Waals surface area contributed by atoms with Crippen LogP contribution in [0.15, 0.2) is 24.3 Å². The fourth-order valence-corrected chi connectivity index (χ4v) is 1.85. The Labute approximate surface area is 110 Å². The molecule has 19 heavy (non-hydrogen) atoms. The van der Waals surface area contributed by atoms with Crippen molar-refractivity contribution in [3.05, 3.63) is 52.9 Å². The zero-order valence-electron chi connectivity index (χ0n) is 10.7. The molecule has 1 aromatic carbocycles. The Kier molecular flexibility index (Phi) is 3.52. The second kappa shape index (κ2) is 5.11. The van der Waals surface area contributed by atoms with E-state index in [0.717, 1.165) is 23.4 Å². The van der Waals surface area contributed by atoms with Crippen LogP contribution in [0.4, 0.5) is 14.5 Å². The maximum absolute atomic E-state index is 13.0. The van der Waals surface area contributed by atoms with Crippen molar-refractivity contribution < 1.29 is 8.78 Å². The van der Waals surface area contributed by atoms with Crippen molar-refractivity contribution in [2.75, 3.05) is 5.32 Å². The van der Waals surface area contributed by atoms with Crippen LogP contribution in [0.3, 0.4) is 0 Å². The van der Waals surface area contributed by atoms with E-state index in [-0.39, 0.29) is 0 Å². The molecule has 2 rings (SSSR count). The zero-order valence-corrected chi connectivity index (χ0v) is 10.7. The molecule has 0 atom stereocenters. The van der Waals surface area contributed by atoms with Crippen LogP contribution < -0.4 is 5.32 Å². The third-order valence-electron chi connectivity index (χ3n) is 3.16. The van der Waals surface area contributed by atoms with Gasteiger partial charge in [0.2, 0.25) is 0 Å². The van der Waals surface area contributed by atoms with E-state index >= 15 is 0 Å². The van der Waals surface area contributed by atoms with Gasteiger partial charge in [-0.15, -0.1) is 0 Å². The van der Waals surface area contributed by atoms with E-state index in [2.05, 4.69) is 11.4 Å². The maximum Gasteiger partial charge on any atom is 0.160 e. The number of hydrogen-bond acceptors (Lipinski definition) is 2. The minimum Gasteiger partial charge on any atom is -0.381 e. The average Bonchev–Trinajstić information content (AvgIpc) is 2.67. The molecule has 0 fully saturated rings. The molecular formula is C14H13F2N3. The molecule has 0 unspecified atom stereocenters. The Morgan fingerprint density at radius 1 is 1.26 bits per heavy atom. The number of nitriles is 1. The topological polar surface area (TPSA) is 40.8 Å². The van der Waals surface area contributed by atoms with Crippen molar-refractivity contribution in [2.45, 2.75) is 13.5 Å². The van der Waals surface area contributed by atoms with Crippen molar-refractivity contribution in [3.63, 3.8) is 0 Å². The van der Waals surface area contributed by atoms with Crippen LogP contribution >= 0.6 is 0 Å². The molecule has 0 amide bonds. The molecule has 0 aliphatic carbocycles. The third-order valence-corrected chi connectivity index (χ3v) is 3.16. The summed E-state index contributed by atoms with van der Waals surface area (Å²) in [6.45, 7) is 2.36. The molecule has 1 heterocycles. The summed E-state index contributed by atoms with van der Waals surface area (Å²) in [4.78, 5) is 0. The number of nitrogens with one attached hydrogen (secondary N) is 1. The van der Waals surface area contributed by atoms with Crippen LogP contribution in [0.2, 0.25) is 0 Å². The quantitative estimate of drug-likeness (QED) is 0.922. The van der Waals surface area contributed by atoms with Crippen LogP contribution in [0.5, 0.6) is 0 Å². The smallest absolute Gasteiger partial charge is 0.160 e. The fraction of sp³-hybridized carbons (Fsp3) is 0.214. The molecule has 0 spiro atoms. The standard InChI is InChI=1S/C14H13F2N3/c1-9-10(5-12(7-17)19(9)2)8-18-11-3-4-13(15)14(16)6-11/h3-6,18H,8H2,1-2H3. The number of benzene rings is 1. The predicted octanol–water partition coefficient (Wildman–Crippen LogP) is 3.10. The second-order valence-electron chi connectivity index (χ2n) is 4.29. The summed E-state index contributed by atoms with van der Waals surface area (Å²) in [7, 11) is 1.81. The molecule has 1 aromatic heterocycles. The van der Waals surface area contributed by atoms with Crippen LogP contribution in [0.25, 0.3) is 0 Å². The Hall–Kier alpha value is -2.35. The third kappa shape index (κ3) is 2.58. The molecule has 3 nitrogen and oxygen atoms in total. The monoisotopic (exact) mass is 261 g/mol. The van der Waals surface area contributed by atoms with Gasteiger partial charge in [-0.05, 0) is 30.7 Å². The number of nitrogens with zero attached hydrogens (tertiary/aromatic N) is 2. The van der Waals surface area contributed by atoms with Crippen molar-refractivity contribution in [1.29, 1.82) is 5.26 Å². The highest BCUT2D eigenvalue weighted by Gasteiger charge is 2.08. The van der Waals surface area contributed by atoms with E-state index in [1.807, 2.05) is 14.0 Å². The Bertz CT molecular complexity index is 653. The van der Waals surface area contributed by atoms with Gasteiger partial charge in [0.15, 0.2) is 11.6 Å². The molecule has 0 saturated heterocycles. The molecular weight excluding hydrogens is 248 g/mol. The number of anilines is 1. The van der Waals surface area contributed by atoms with Crippen molar-refractivity contribution in [2.24, 2.45) is 7.05 Å². The predicted molar refractivity (Wildman–Crippen MR) is 68.5 cm³/mol. The van der Waals surface area contributed by atoms with Gasteiger partial charge in [0.25, 0.3) is 0 Å². The summed E-state index contributed by atoms with van der Waals surface area (Å²) in [6.07, 6.45) is 0. The van der Waals surface area contributed by atoms with E-state index in [1.165, 1.54) is 6.07 Å². The summed E-state index contributed by atoms with van der Waals surface area (Å²) in [5.74, 6) is -1.75. The van der Waals surface area contributed by atoms with Crippen molar-refractivity contribution >= 4 is 5.69 Å². The molecule has 0 bridgehead atoms. The van der Waals surface area contributed by atoms with Gasteiger partial charge in [0.1, 0.15) is 11.8 Å². The Balaban J connectivity index is 2.15. The minimum absolute atomic E-state index is 0.451. The van der Waals surface area contributed by atoms with E-state index in [1.54, 1.807) is 10.6 Å². The minimum atomic E-state index is -0.882. The molecule has 1 N–H and O–H groups in total. The van der Waals surface area contributed by atoms with E-state index in [9.17, 15) is 8.78 Å². The lowest BCUT2D eigenvalue weighted by atomic mass is 10.2. The van der Waals surface area contributed by atoms with Crippen LogP contribution in [-0.2, 0) is 13.6 Å². The van der Waals surface area contributed by atoms with Gasteiger partial charge in [-0.1, -0.05) is 0 Å². The Morgan fingerprint density at radius 2 is 2.00 bits per heavy atom.